The van der Waals surface area contributed by atoms with Gasteiger partial charge >= 0.3 is 5.97 Å². The molecule has 0 radical (unpaired) electrons. The van der Waals surface area contributed by atoms with Gasteiger partial charge in [0.1, 0.15) is 16.7 Å². The van der Waals surface area contributed by atoms with E-state index in [1.165, 1.54) is 32.1 Å². The van der Waals surface area contributed by atoms with E-state index in [2.05, 4.69) is 30.4 Å². The number of aromatic nitrogens is 6. The SMILES string of the molecule is Cn1[nH]c2[nH]c3cc(C(=O)NCCC4CCCCC4)cnc3c3nc(=Nc4ccc(CC(=O)O)cc4)nc1c23. The maximum absolute atomic E-state index is 12.9. The standard InChI is InChI=1S/C28H30N8O3/c1-36-26-22-24(33-28(34-26)31-19-9-7-17(8-10-19)13-21(37)38)23-20(32-25(22)35-36)14-18(15-30-23)27(39)29-12-11-16-5-3-2-4-6-16/h7-10,14-16,32,35H,2-6,11-13H2,1H3,(H,29,39)(H,37,38). The van der Waals surface area contributed by atoms with E-state index in [1.807, 2.05) is 7.05 Å². The number of H-pyrrole nitrogens is 2. The molecule has 1 amide bonds. The van der Waals surface area contributed by atoms with Gasteiger partial charge in [-0.25, -0.2) is 9.98 Å². The Hall–Kier alpha value is -4.54. The van der Waals surface area contributed by atoms with Crippen LogP contribution in [0.15, 0.2) is 41.5 Å². The third-order valence-electron chi connectivity index (χ3n) is 7.44. The largest absolute Gasteiger partial charge is 0.481 e. The topological polar surface area (TPSA) is 154 Å². The molecular formula is C28H30N8O3. The molecule has 6 rings (SSSR count). The molecule has 4 heterocycles. The van der Waals surface area contributed by atoms with Gasteiger partial charge in [-0.3, -0.25) is 24.4 Å². The number of hydrogen-bond donors (Lipinski definition) is 4. The van der Waals surface area contributed by atoms with Crippen LogP contribution < -0.4 is 10.9 Å². The van der Waals surface area contributed by atoms with Crippen molar-refractivity contribution in [1.29, 1.82) is 0 Å². The molecule has 200 valence electrons. The van der Waals surface area contributed by atoms with Crippen molar-refractivity contribution >= 4 is 50.8 Å². The molecule has 5 aromatic rings. The lowest BCUT2D eigenvalue weighted by molar-refractivity contribution is -0.136. The number of carbonyl (C=O) groups is 2. The van der Waals surface area contributed by atoms with E-state index in [9.17, 15) is 9.59 Å². The number of fused-ring (bicyclic) bond motifs is 2. The predicted molar refractivity (Wildman–Crippen MR) is 147 cm³/mol. The minimum absolute atomic E-state index is 0.0508. The van der Waals surface area contributed by atoms with Gasteiger partial charge in [0.15, 0.2) is 5.65 Å². The van der Waals surface area contributed by atoms with Gasteiger partial charge in [0.05, 0.1) is 28.6 Å². The molecule has 11 heteroatoms. The van der Waals surface area contributed by atoms with Crippen molar-refractivity contribution in [3.8, 4) is 0 Å². The number of aromatic amines is 2. The summed E-state index contributed by atoms with van der Waals surface area (Å²) in [7, 11) is 1.85. The van der Waals surface area contributed by atoms with Crippen LogP contribution >= 0.6 is 0 Å². The van der Waals surface area contributed by atoms with Crippen LogP contribution in [-0.2, 0) is 18.3 Å². The molecule has 1 aromatic carbocycles. The number of carbonyl (C=O) groups excluding carboxylic acids is 1. The second-order valence-corrected chi connectivity index (χ2v) is 10.3. The number of carboxylic acid groups (broad SMARTS) is 1. The number of nitrogens with one attached hydrogen (secondary N) is 3. The zero-order chi connectivity index (χ0) is 26.9. The lowest BCUT2D eigenvalue weighted by atomic mass is 9.87. The van der Waals surface area contributed by atoms with Crippen LogP contribution in [-0.4, -0.2) is 53.2 Å². The first kappa shape index (κ1) is 24.8. The Kier molecular flexibility index (Phi) is 6.55. The van der Waals surface area contributed by atoms with Crippen molar-refractivity contribution in [1.82, 2.24) is 35.0 Å². The van der Waals surface area contributed by atoms with Crippen LogP contribution in [0.25, 0.3) is 33.2 Å². The van der Waals surface area contributed by atoms with Crippen LogP contribution in [0.4, 0.5) is 5.69 Å². The van der Waals surface area contributed by atoms with Crippen molar-refractivity contribution in [2.45, 2.75) is 44.9 Å². The van der Waals surface area contributed by atoms with E-state index in [1.54, 1.807) is 41.2 Å². The van der Waals surface area contributed by atoms with E-state index in [0.29, 0.717) is 51.5 Å². The quantitative estimate of drug-likeness (QED) is 0.236. The number of aryl methyl sites for hydroxylation is 1. The van der Waals surface area contributed by atoms with Gasteiger partial charge < -0.3 is 15.4 Å². The van der Waals surface area contributed by atoms with Crippen molar-refractivity contribution < 1.29 is 14.7 Å². The minimum Gasteiger partial charge on any atom is -0.481 e. The summed E-state index contributed by atoms with van der Waals surface area (Å²) in [5.41, 5.74) is 5.31. The molecule has 1 aliphatic carbocycles. The first-order chi connectivity index (χ1) is 18.9. The van der Waals surface area contributed by atoms with E-state index in [-0.39, 0.29) is 17.9 Å². The Labute approximate surface area is 223 Å². The highest BCUT2D eigenvalue weighted by atomic mass is 16.4. The molecule has 4 aromatic heterocycles. The van der Waals surface area contributed by atoms with Crippen LogP contribution in [0.2, 0.25) is 0 Å². The number of hydrogen-bond acceptors (Lipinski definition) is 6. The van der Waals surface area contributed by atoms with Gasteiger partial charge in [-0.1, -0.05) is 44.2 Å². The van der Waals surface area contributed by atoms with Crippen molar-refractivity contribution in [3.05, 3.63) is 53.3 Å². The number of pyridine rings is 2. The Balaban J connectivity index is 1.33. The molecule has 0 saturated heterocycles. The number of carboxylic acids is 1. The van der Waals surface area contributed by atoms with E-state index < -0.39 is 5.97 Å². The van der Waals surface area contributed by atoms with Gasteiger partial charge in [0, 0.05) is 19.8 Å². The van der Waals surface area contributed by atoms with Gasteiger partial charge in [-0.05, 0) is 36.1 Å². The lowest BCUT2D eigenvalue weighted by Crippen LogP contribution is -2.26. The van der Waals surface area contributed by atoms with Crippen LogP contribution in [0.3, 0.4) is 0 Å². The fourth-order valence-electron chi connectivity index (χ4n) is 5.45. The number of rotatable bonds is 7. The summed E-state index contributed by atoms with van der Waals surface area (Å²) in [6.45, 7) is 0.666. The maximum Gasteiger partial charge on any atom is 0.307 e. The predicted octanol–water partition coefficient (Wildman–Crippen LogP) is 3.89. The average molecular weight is 527 g/mol. The highest BCUT2D eigenvalue weighted by Crippen LogP contribution is 2.28. The van der Waals surface area contributed by atoms with E-state index >= 15 is 0 Å². The number of benzene rings is 1. The van der Waals surface area contributed by atoms with Crippen LogP contribution in [0.5, 0.6) is 0 Å². The minimum atomic E-state index is -0.886. The Morgan fingerprint density at radius 2 is 1.92 bits per heavy atom. The number of nitrogens with zero attached hydrogens (tertiary/aromatic N) is 5. The molecule has 0 aliphatic heterocycles. The normalized spacial score (nSPS) is 14.9. The second-order valence-electron chi connectivity index (χ2n) is 10.3. The van der Waals surface area contributed by atoms with Crippen molar-refractivity contribution in [2.75, 3.05) is 6.54 Å². The molecule has 4 N–H and O–H groups in total. The van der Waals surface area contributed by atoms with Gasteiger partial charge in [-0.15, -0.1) is 0 Å². The molecule has 0 spiro atoms. The third-order valence-corrected chi connectivity index (χ3v) is 7.44. The Morgan fingerprint density at radius 3 is 2.69 bits per heavy atom. The molecular weight excluding hydrogens is 496 g/mol. The zero-order valence-corrected chi connectivity index (χ0v) is 21.7. The summed E-state index contributed by atoms with van der Waals surface area (Å²) in [4.78, 5) is 45.7. The average Bonchev–Trinajstić information content (AvgIpc) is 3.25. The van der Waals surface area contributed by atoms with Crippen LogP contribution in [0, 0.1) is 5.92 Å². The summed E-state index contributed by atoms with van der Waals surface area (Å²) < 4.78 is 1.78. The maximum atomic E-state index is 12.9. The Bertz CT molecular complexity index is 1760. The fourth-order valence-corrected chi connectivity index (χ4v) is 5.45. The highest BCUT2D eigenvalue weighted by molar-refractivity contribution is 6.13. The fraction of sp³-hybridized carbons (Fsp3) is 0.357. The monoisotopic (exact) mass is 526 g/mol. The van der Waals surface area contributed by atoms with Crippen LogP contribution in [0.1, 0.15) is 54.4 Å². The molecule has 0 atom stereocenters. The zero-order valence-electron chi connectivity index (χ0n) is 21.7. The third kappa shape index (κ3) is 5.12. The van der Waals surface area contributed by atoms with Crippen molar-refractivity contribution in [3.63, 3.8) is 0 Å². The summed E-state index contributed by atoms with van der Waals surface area (Å²) in [5, 5.41) is 16.1. The van der Waals surface area contributed by atoms with E-state index in [0.717, 1.165) is 17.5 Å². The van der Waals surface area contributed by atoms with Gasteiger partial charge in [-0.2, -0.15) is 4.98 Å². The van der Waals surface area contributed by atoms with Gasteiger partial charge in [0.25, 0.3) is 11.5 Å². The molecule has 39 heavy (non-hydrogen) atoms. The molecule has 1 saturated carbocycles. The molecule has 0 bridgehead atoms. The summed E-state index contributed by atoms with van der Waals surface area (Å²) in [6, 6.07) is 8.74. The van der Waals surface area contributed by atoms with Crippen molar-refractivity contribution in [2.24, 2.45) is 18.0 Å². The molecule has 1 aliphatic rings. The lowest BCUT2D eigenvalue weighted by Gasteiger charge is -2.21. The first-order valence-electron chi connectivity index (χ1n) is 13.3. The summed E-state index contributed by atoms with van der Waals surface area (Å²) >= 11 is 0. The molecule has 1 fully saturated rings. The Morgan fingerprint density at radius 1 is 1.13 bits per heavy atom. The smallest absolute Gasteiger partial charge is 0.307 e. The summed E-state index contributed by atoms with van der Waals surface area (Å²) in [6.07, 6.45) is 8.97. The van der Waals surface area contributed by atoms with Gasteiger partial charge in [0.2, 0.25) is 0 Å². The number of aliphatic carboxylic acids is 1. The second kappa shape index (κ2) is 10.3. The summed E-state index contributed by atoms with van der Waals surface area (Å²) in [5.74, 6) is -0.319. The molecule has 0 unspecified atom stereocenters. The molecule has 11 nitrogen and oxygen atoms in total. The number of amides is 1. The first-order valence-corrected chi connectivity index (χ1v) is 13.3. The van der Waals surface area contributed by atoms with E-state index in [4.69, 9.17) is 10.1 Å². The highest BCUT2D eigenvalue weighted by Gasteiger charge is 2.18.